The van der Waals surface area contributed by atoms with E-state index in [9.17, 15) is 4.79 Å². The second-order valence-corrected chi connectivity index (χ2v) is 5.27. The van der Waals surface area contributed by atoms with Crippen molar-refractivity contribution in [1.82, 2.24) is 5.32 Å². The van der Waals surface area contributed by atoms with Gasteiger partial charge in [-0.2, -0.15) is 0 Å². The van der Waals surface area contributed by atoms with Crippen LogP contribution >= 0.6 is 0 Å². The van der Waals surface area contributed by atoms with Gasteiger partial charge in [0.15, 0.2) is 11.5 Å². The van der Waals surface area contributed by atoms with Crippen LogP contribution in [-0.2, 0) is 0 Å². The summed E-state index contributed by atoms with van der Waals surface area (Å²) in [4.78, 5) is 12.5. The standard InChI is InChI=1S/C18H19NO4/c1-21-16-8-7-12(11-17(16)22-2)18(20)19-14-9-10-23-15-6-4-3-5-13(14)15/h3-8,11,14H,9-10H2,1-2H3,(H,19,20)/t14-/m0/s1. The summed E-state index contributed by atoms with van der Waals surface area (Å²) in [6.45, 7) is 0.591. The molecule has 1 aliphatic heterocycles. The molecule has 0 spiro atoms. The molecule has 0 bridgehead atoms. The van der Waals surface area contributed by atoms with Crippen molar-refractivity contribution in [2.75, 3.05) is 20.8 Å². The Morgan fingerprint density at radius 3 is 2.70 bits per heavy atom. The lowest BCUT2D eigenvalue weighted by Gasteiger charge is -2.26. The zero-order valence-electron chi connectivity index (χ0n) is 13.2. The van der Waals surface area contributed by atoms with Gasteiger partial charge in [0.1, 0.15) is 5.75 Å². The molecular formula is C18H19NO4. The first-order valence-electron chi connectivity index (χ1n) is 7.47. The monoisotopic (exact) mass is 313 g/mol. The predicted octanol–water partition coefficient (Wildman–Crippen LogP) is 2.96. The minimum Gasteiger partial charge on any atom is -0.493 e. The fourth-order valence-electron chi connectivity index (χ4n) is 2.71. The van der Waals surface area contributed by atoms with Crippen molar-refractivity contribution in [1.29, 1.82) is 0 Å². The summed E-state index contributed by atoms with van der Waals surface area (Å²) in [6.07, 6.45) is 0.746. The molecule has 0 aliphatic carbocycles. The van der Waals surface area contributed by atoms with E-state index in [1.165, 1.54) is 0 Å². The summed E-state index contributed by atoms with van der Waals surface area (Å²) in [5.74, 6) is 1.82. The molecular weight excluding hydrogens is 294 g/mol. The van der Waals surface area contributed by atoms with Crippen molar-refractivity contribution in [3.63, 3.8) is 0 Å². The Kier molecular flexibility index (Phi) is 4.37. The highest BCUT2D eigenvalue weighted by Gasteiger charge is 2.23. The van der Waals surface area contributed by atoms with Gasteiger partial charge in [0.25, 0.3) is 5.91 Å². The fraction of sp³-hybridized carbons (Fsp3) is 0.278. The van der Waals surface area contributed by atoms with E-state index in [0.29, 0.717) is 23.7 Å². The number of rotatable bonds is 4. The lowest BCUT2D eigenvalue weighted by atomic mass is 10.00. The van der Waals surface area contributed by atoms with Crippen molar-refractivity contribution in [2.24, 2.45) is 0 Å². The number of carbonyl (C=O) groups excluding carboxylic acids is 1. The van der Waals surface area contributed by atoms with Gasteiger partial charge in [0.2, 0.25) is 0 Å². The number of para-hydroxylation sites is 1. The van der Waals surface area contributed by atoms with Crippen LogP contribution < -0.4 is 19.5 Å². The molecule has 1 heterocycles. The second kappa shape index (κ2) is 6.60. The normalized spacial score (nSPS) is 16.0. The van der Waals surface area contributed by atoms with Gasteiger partial charge in [-0.25, -0.2) is 0 Å². The molecule has 1 aliphatic rings. The number of carbonyl (C=O) groups is 1. The first kappa shape index (κ1) is 15.2. The quantitative estimate of drug-likeness (QED) is 0.943. The zero-order valence-corrected chi connectivity index (χ0v) is 13.2. The molecule has 1 atom stereocenters. The highest BCUT2D eigenvalue weighted by molar-refractivity contribution is 5.95. The van der Waals surface area contributed by atoms with E-state index in [4.69, 9.17) is 14.2 Å². The molecule has 0 fully saturated rings. The third-order valence-electron chi connectivity index (χ3n) is 3.91. The fourth-order valence-corrected chi connectivity index (χ4v) is 2.71. The van der Waals surface area contributed by atoms with E-state index in [2.05, 4.69) is 5.32 Å². The van der Waals surface area contributed by atoms with Crippen molar-refractivity contribution >= 4 is 5.91 Å². The topological polar surface area (TPSA) is 56.8 Å². The van der Waals surface area contributed by atoms with Gasteiger partial charge in [-0.3, -0.25) is 4.79 Å². The number of methoxy groups -OCH3 is 2. The lowest BCUT2D eigenvalue weighted by molar-refractivity contribution is 0.0924. The van der Waals surface area contributed by atoms with Crippen molar-refractivity contribution in [2.45, 2.75) is 12.5 Å². The van der Waals surface area contributed by atoms with E-state index in [1.807, 2.05) is 24.3 Å². The molecule has 1 amide bonds. The Balaban J connectivity index is 1.80. The van der Waals surface area contributed by atoms with Gasteiger partial charge >= 0.3 is 0 Å². The largest absolute Gasteiger partial charge is 0.493 e. The molecule has 5 nitrogen and oxygen atoms in total. The molecule has 2 aromatic carbocycles. The Morgan fingerprint density at radius 1 is 1.13 bits per heavy atom. The highest BCUT2D eigenvalue weighted by atomic mass is 16.5. The number of ether oxygens (including phenoxy) is 3. The smallest absolute Gasteiger partial charge is 0.251 e. The number of hydrogen-bond donors (Lipinski definition) is 1. The van der Waals surface area contributed by atoms with E-state index < -0.39 is 0 Å². The molecule has 0 aromatic heterocycles. The van der Waals surface area contributed by atoms with Crippen LogP contribution in [0.3, 0.4) is 0 Å². The number of fused-ring (bicyclic) bond motifs is 1. The summed E-state index contributed by atoms with van der Waals surface area (Å²) in [7, 11) is 3.12. The van der Waals surface area contributed by atoms with Crippen LogP contribution in [0.1, 0.15) is 28.4 Å². The maximum atomic E-state index is 12.5. The molecule has 3 rings (SSSR count). The maximum absolute atomic E-state index is 12.5. The third kappa shape index (κ3) is 3.08. The van der Waals surface area contributed by atoms with Crippen LogP contribution in [0.5, 0.6) is 17.2 Å². The summed E-state index contributed by atoms with van der Waals surface area (Å²) in [5, 5.41) is 3.06. The van der Waals surface area contributed by atoms with E-state index in [1.54, 1.807) is 32.4 Å². The summed E-state index contributed by atoms with van der Waals surface area (Å²) in [6, 6.07) is 12.9. The molecule has 2 aromatic rings. The van der Waals surface area contributed by atoms with E-state index in [0.717, 1.165) is 17.7 Å². The van der Waals surface area contributed by atoms with Crippen LogP contribution in [-0.4, -0.2) is 26.7 Å². The number of nitrogens with one attached hydrogen (secondary N) is 1. The van der Waals surface area contributed by atoms with Crippen molar-refractivity contribution < 1.29 is 19.0 Å². The summed E-state index contributed by atoms with van der Waals surface area (Å²) >= 11 is 0. The summed E-state index contributed by atoms with van der Waals surface area (Å²) in [5.41, 5.74) is 1.54. The van der Waals surface area contributed by atoms with Gasteiger partial charge in [0.05, 0.1) is 26.9 Å². The van der Waals surface area contributed by atoms with Gasteiger partial charge in [-0.1, -0.05) is 18.2 Å². The number of benzene rings is 2. The zero-order chi connectivity index (χ0) is 16.2. The maximum Gasteiger partial charge on any atom is 0.251 e. The Labute approximate surface area is 135 Å². The van der Waals surface area contributed by atoms with E-state index >= 15 is 0 Å². The molecule has 1 N–H and O–H groups in total. The highest BCUT2D eigenvalue weighted by Crippen LogP contribution is 2.32. The van der Waals surface area contributed by atoms with Crippen LogP contribution in [0.4, 0.5) is 0 Å². The molecule has 0 saturated heterocycles. The number of hydrogen-bond acceptors (Lipinski definition) is 4. The molecule has 5 heteroatoms. The van der Waals surface area contributed by atoms with E-state index in [-0.39, 0.29) is 11.9 Å². The minimum atomic E-state index is -0.146. The van der Waals surface area contributed by atoms with Crippen LogP contribution in [0.15, 0.2) is 42.5 Å². The third-order valence-corrected chi connectivity index (χ3v) is 3.91. The lowest BCUT2D eigenvalue weighted by Crippen LogP contribution is -2.32. The Morgan fingerprint density at radius 2 is 1.91 bits per heavy atom. The van der Waals surface area contributed by atoms with Crippen molar-refractivity contribution in [3.8, 4) is 17.2 Å². The van der Waals surface area contributed by atoms with Crippen molar-refractivity contribution in [3.05, 3.63) is 53.6 Å². The van der Waals surface area contributed by atoms with Gasteiger partial charge < -0.3 is 19.5 Å². The molecule has 23 heavy (non-hydrogen) atoms. The predicted molar refractivity (Wildman–Crippen MR) is 86.3 cm³/mol. The first-order valence-corrected chi connectivity index (χ1v) is 7.47. The SMILES string of the molecule is COc1ccc(C(=O)N[C@H]2CCOc3ccccc32)cc1OC. The molecule has 0 radical (unpaired) electrons. The van der Waals surface area contributed by atoms with Gasteiger partial charge in [-0.15, -0.1) is 0 Å². The minimum absolute atomic E-state index is 0.0550. The van der Waals surface area contributed by atoms with Crippen LogP contribution in [0.25, 0.3) is 0 Å². The first-order chi connectivity index (χ1) is 11.2. The Bertz CT molecular complexity index is 714. The molecule has 0 saturated carbocycles. The van der Waals surface area contributed by atoms with Gasteiger partial charge in [0, 0.05) is 17.5 Å². The van der Waals surface area contributed by atoms with Gasteiger partial charge in [-0.05, 0) is 24.3 Å². The average molecular weight is 313 g/mol. The van der Waals surface area contributed by atoms with Crippen LogP contribution in [0.2, 0.25) is 0 Å². The van der Waals surface area contributed by atoms with Crippen LogP contribution in [0, 0.1) is 0 Å². The summed E-state index contributed by atoms with van der Waals surface area (Å²) < 4.78 is 16.1. The second-order valence-electron chi connectivity index (χ2n) is 5.27. The molecule has 120 valence electrons. The Hall–Kier alpha value is -2.69. The number of amides is 1. The molecule has 0 unspecified atom stereocenters. The average Bonchev–Trinajstić information content (AvgIpc) is 2.61.